The van der Waals surface area contributed by atoms with E-state index in [2.05, 4.69) is 15.1 Å². The highest BCUT2D eigenvalue weighted by atomic mass is 16.5. The Balaban J connectivity index is 2.00. The Morgan fingerprint density at radius 1 is 1.36 bits per heavy atom. The molecule has 2 N–H and O–H groups in total. The van der Waals surface area contributed by atoms with Crippen molar-refractivity contribution in [2.24, 2.45) is 0 Å². The summed E-state index contributed by atoms with van der Waals surface area (Å²) in [6.45, 7) is 1.96. The first kappa shape index (κ1) is 14.0. The highest BCUT2D eigenvalue weighted by molar-refractivity contribution is 5.82. The Bertz CT molecular complexity index is 911. The average Bonchev–Trinajstić information content (AvgIpc) is 2.93. The largest absolute Gasteiger partial charge is 0.481 e. The van der Waals surface area contributed by atoms with E-state index in [9.17, 15) is 9.59 Å². The Labute approximate surface area is 124 Å². The lowest BCUT2D eigenvalue weighted by Gasteiger charge is -2.01. The highest BCUT2D eigenvalue weighted by Gasteiger charge is 2.14. The molecule has 0 bridgehead atoms. The fourth-order valence-corrected chi connectivity index (χ4v) is 2.17. The predicted molar refractivity (Wildman–Crippen MR) is 78.6 cm³/mol. The van der Waals surface area contributed by atoms with Crippen molar-refractivity contribution >= 4 is 16.9 Å². The molecular formula is C15H13N3O4. The molecule has 0 saturated heterocycles. The van der Waals surface area contributed by atoms with Gasteiger partial charge >= 0.3 is 5.97 Å². The molecule has 0 aliphatic heterocycles. The molecule has 22 heavy (non-hydrogen) atoms. The monoisotopic (exact) mass is 299 g/mol. The molecule has 0 aliphatic carbocycles. The third kappa shape index (κ3) is 2.73. The van der Waals surface area contributed by atoms with Gasteiger partial charge in [-0.15, -0.1) is 0 Å². The first-order valence-corrected chi connectivity index (χ1v) is 6.71. The van der Waals surface area contributed by atoms with Crippen molar-refractivity contribution in [2.45, 2.75) is 19.8 Å². The van der Waals surface area contributed by atoms with E-state index in [1.54, 1.807) is 6.07 Å². The van der Waals surface area contributed by atoms with E-state index in [0.29, 0.717) is 5.56 Å². The molecule has 0 aliphatic rings. The second-order valence-corrected chi connectivity index (χ2v) is 5.01. The Kier molecular flexibility index (Phi) is 3.46. The molecule has 1 aromatic carbocycles. The van der Waals surface area contributed by atoms with Crippen LogP contribution in [0.25, 0.3) is 22.3 Å². The van der Waals surface area contributed by atoms with Gasteiger partial charge in [-0.1, -0.05) is 16.8 Å². The number of H-pyrrole nitrogens is 1. The SMILES string of the molecule is Cc1ccc2[nH]c(=O)c(-c3noc(CCC(=O)O)n3)cc2c1. The fraction of sp³-hybridized carbons (Fsp3) is 0.200. The molecule has 0 unspecified atom stereocenters. The zero-order chi connectivity index (χ0) is 15.7. The Hall–Kier alpha value is -2.96. The van der Waals surface area contributed by atoms with E-state index >= 15 is 0 Å². The zero-order valence-electron chi connectivity index (χ0n) is 11.8. The molecule has 7 heteroatoms. The zero-order valence-corrected chi connectivity index (χ0v) is 11.8. The number of nitrogens with zero attached hydrogens (tertiary/aromatic N) is 2. The van der Waals surface area contributed by atoms with Crippen LogP contribution in [-0.2, 0) is 11.2 Å². The predicted octanol–water partition coefficient (Wildman–Crippen LogP) is 1.90. The summed E-state index contributed by atoms with van der Waals surface area (Å²) in [7, 11) is 0. The summed E-state index contributed by atoms with van der Waals surface area (Å²) in [4.78, 5) is 29.5. The summed E-state index contributed by atoms with van der Waals surface area (Å²) in [5, 5.41) is 13.3. The van der Waals surface area contributed by atoms with E-state index in [0.717, 1.165) is 16.5 Å². The van der Waals surface area contributed by atoms with Gasteiger partial charge in [-0.05, 0) is 30.5 Å². The van der Waals surface area contributed by atoms with Gasteiger partial charge in [0, 0.05) is 11.9 Å². The van der Waals surface area contributed by atoms with Crippen LogP contribution in [0.5, 0.6) is 0 Å². The molecule has 0 saturated carbocycles. The summed E-state index contributed by atoms with van der Waals surface area (Å²) in [6, 6.07) is 7.40. The number of aliphatic carboxylic acids is 1. The lowest BCUT2D eigenvalue weighted by Crippen LogP contribution is -2.09. The normalized spacial score (nSPS) is 11.0. The van der Waals surface area contributed by atoms with Crippen LogP contribution in [0, 0.1) is 6.92 Å². The van der Waals surface area contributed by atoms with Gasteiger partial charge in [-0.25, -0.2) is 0 Å². The van der Waals surface area contributed by atoms with Crippen molar-refractivity contribution < 1.29 is 14.4 Å². The standard InChI is InChI=1S/C15H13N3O4/c1-8-2-3-11-9(6-8)7-10(15(21)16-11)14-17-12(22-18-14)4-5-13(19)20/h2-3,6-7H,4-5H2,1H3,(H,16,21)(H,19,20). The maximum atomic E-state index is 12.1. The topological polar surface area (TPSA) is 109 Å². The number of fused-ring (bicyclic) bond motifs is 1. The average molecular weight is 299 g/mol. The van der Waals surface area contributed by atoms with Crippen molar-refractivity contribution in [3.05, 3.63) is 46.1 Å². The first-order chi connectivity index (χ1) is 10.5. The maximum Gasteiger partial charge on any atom is 0.303 e. The van der Waals surface area contributed by atoms with Crippen LogP contribution in [-0.4, -0.2) is 26.2 Å². The fourth-order valence-electron chi connectivity index (χ4n) is 2.17. The number of aryl methyl sites for hydroxylation is 2. The van der Waals surface area contributed by atoms with Gasteiger partial charge in [0.1, 0.15) is 0 Å². The second-order valence-electron chi connectivity index (χ2n) is 5.01. The third-order valence-corrected chi connectivity index (χ3v) is 3.26. The van der Waals surface area contributed by atoms with Gasteiger partial charge in [0.25, 0.3) is 5.56 Å². The number of pyridine rings is 1. The number of carbonyl (C=O) groups is 1. The molecular weight excluding hydrogens is 286 g/mol. The quantitative estimate of drug-likeness (QED) is 0.761. The first-order valence-electron chi connectivity index (χ1n) is 6.71. The van der Waals surface area contributed by atoms with Gasteiger partial charge < -0.3 is 14.6 Å². The molecule has 0 spiro atoms. The van der Waals surface area contributed by atoms with Crippen LogP contribution in [0.1, 0.15) is 17.9 Å². The minimum absolute atomic E-state index is 0.102. The Morgan fingerprint density at radius 3 is 2.95 bits per heavy atom. The van der Waals surface area contributed by atoms with Crippen molar-refractivity contribution in [2.75, 3.05) is 0 Å². The van der Waals surface area contributed by atoms with E-state index in [1.807, 2.05) is 25.1 Å². The highest BCUT2D eigenvalue weighted by Crippen LogP contribution is 2.18. The summed E-state index contributed by atoms with van der Waals surface area (Å²) >= 11 is 0. The van der Waals surface area contributed by atoms with Gasteiger partial charge in [-0.3, -0.25) is 9.59 Å². The maximum absolute atomic E-state index is 12.1. The number of rotatable bonds is 4. The number of benzene rings is 1. The lowest BCUT2D eigenvalue weighted by molar-refractivity contribution is -0.137. The van der Waals surface area contributed by atoms with Crippen molar-refractivity contribution in [1.82, 2.24) is 15.1 Å². The van der Waals surface area contributed by atoms with Gasteiger partial charge in [0.05, 0.1) is 12.0 Å². The van der Waals surface area contributed by atoms with Crippen LogP contribution in [0.3, 0.4) is 0 Å². The molecule has 2 heterocycles. The van der Waals surface area contributed by atoms with Gasteiger partial charge in [-0.2, -0.15) is 4.98 Å². The van der Waals surface area contributed by atoms with Crippen LogP contribution >= 0.6 is 0 Å². The number of nitrogens with one attached hydrogen (secondary N) is 1. The molecule has 112 valence electrons. The van der Waals surface area contributed by atoms with Gasteiger partial charge in [0.2, 0.25) is 11.7 Å². The minimum atomic E-state index is -0.946. The molecule has 3 aromatic rings. The minimum Gasteiger partial charge on any atom is -0.481 e. The molecule has 0 amide bonds. The van der Waals surface area contributed by atoms with E-state index in [4.69, 9.17) is 9.63 Å². The number of carboxylic acids is 1. The number of hydrogen-bond acceptors (Lipinski definition) is 5. The molecule has 3 rings (SSSR count). The smallest absolute Gasteiger partial charge is 0.303 e. The van der Waals surface area contributed by atoms with Crippen molar-refractivity contribution in [3.63, 3.8) is 0 Å². The Morgan fingerprint density at radius 2 is 2.18 bits per heavy atom. The van der Waals surface area contributed by atoms with Crippen molar-refractivity contribution in [1.29, 1.82) is 0 Å². The molecule has 0 atom stereocenters. The molecule has 2 aromatic heterocycles. The molecule has 0 radical (unpaired) electrons. The molecule has 7 nitrogen and oxygen atoms in total. The summed E-state index contributed by atoms with van der Waals surface area (Å²) in [5.41, 5.74) is 1.78. The number of aromatic nitrogens is 3. The number of carboxylic acid groups (broad SMARTS) is 1. The number of aromatic amines is 1. The van der Waals surface area contributed by atoms with Crippen LogP contribution < -0.4 is 5.56 Å². The van der Waals surface area contributed by atoms with E-state index in [-0.39, 0.29) is 30.1 Å². The third-order valence-electron chi connectivity index (χ3n) is 3.26. The van der Waals surface area contributed by atoms with Gasteiger partial charge in [0.15, 0.2) is 0 Å². The van der Waals surface area contributed by atoms with Crippen LogP contribution in [0.15, 0.2) is 33.6 Å². The van der Waals surface area contributed by atoms with Crippen LogP contribution in [0.2, 0.25) is 0 Å². The lowest BCUT2D eigenvalue weighted by atomic mass is 10.1. The van der Waals surface area contributed by atoms with Crippen molar-refractivity contribution in [3.8, 4) is 11.4 Å². The second kappa shape index (κ2) is 5.44. The summed E-state index contributed by atoms with van der Waals surface area (Å²) in [5.74, 6) is -0.593. The van der Waals surface area contributed by atoms with E-state index in [1.165, 1.54) is 0 Å². The summed E-state index contributed by atoms with van der Waals surface area (Å²) in [6.07, 6.45) is 0.0296. The van der Waals surface area contributed by atoms with E-state index < -0.39 is 5.97 Å². The molecule has 0 fully saturated rings. The summed E-state index contributed by atoms with van der Waals surface area (Å²) < 4.78 is 4.98. The van der Waals surface area contributed by atoms with Crippen LogP contribution in [0.4, 0.5) is 0 Å². The number of hydrogen-bond donors (Lipinski definition) is 2.